The first-order valence-corrected chi connectivity index (χ1v) is 12.4. The Hall–Kier alpha value is -3.56. The van der Waals surface area contributed by atoms with Gasteiger partial charge in [-0.25, -0.2) is 8.42 Å². The number of aryl methyl sites for hydroxylation is 2. The zero-order valence-corrected chi connectivity index (χ0v) is 19.7. The van der Waals surface area contributed by atoms with Crippen LogP contribution in [0.5, 0.6) is 0 Å². The summed E-state index contributed by atoms with van der Waals surface area (Å²) in [5, 5.41) is 11.8. The summed E-state index contributed by atoms with van der Waals surface area (Å²) in [5.41, 5.74) is 3.12. The summed E-state index contributed by atoms with van der Waals surface area (Å²) in [7, 11) is -3.97. The number of carbonyl (C=O) groups excluding carboxylic acids is 1. The molecule has 3 aromatic carbocycles. The number of carbonyl (C=O) groups is 1. The first-order chi connectivity index (χ1) is 15.8. The third-order valence-electron chi connectivity index (χ3n) is 4.88. The molecule has 0 saturated heterocycles. The number of nitrogens with zero attached hydrogens (tertiary/aromatic N) is 3. The van der Waals surface area contributed by atoms with Crippen LogP contribution in [0.3, 0.4) is 0 Å². The van der Waals surface area contributed by atoms with Gasteiger partial charge in [0.1, 0.15) is 11.6 Å². The Labute approximate surface area is 196 Å². The van der Waals surface area contributed by atoms with Crippen LogP contribution in [-0.4, -0.2) is 31.1 Å². The van der Waals surface area contributed by atoms with Gasteiger partial charge < -0.3 is 0 Å². The topological polar surface area (TPSA) is 92.3 Å². The molecule has 0 atom stereocenters. The standard InChI is InChI=1S/C24H22N4O3S2/c1-17-11-13-21(14-12-17)33(30,31)28(20-10-6-7-18(2)15-20)16-22(29)25-24-27-26-23(32-24)19-8-4-3-5-9-19/h3-15H,16H2,1-2H3,(H,25,27,29). The van der Waals surface area contributed by atoms with Crippen LogP contribution in [0.4, 0.5) is 10.8 Å². The summed E-state index contributed by atoms with van der Waals surface area (Å²) >= 11 is 1.22. The molecule has 0 aliphatic carbocycles. The lowest BCUT2D eigenvalue weighted by molar-refractivity contribution is -0.114. The molecule has 0 fully saturated rings. The molecule has 0 saturated carbocycles. The highest BCUT2D eigenvalue weighted by Gasteiger charge is 2.27. The minimum atomic E-state index is -3.97. The molecule has 1 N–H and O–H groups in total. The molecule has 0 unspecified atom stereocenters. The van der Waals surface area contributed by atoms with Crippen molar-refractivity contribution in [3.8, 4) is 10.6 Å². The van der Waals surface area contributed by atoms with Gasteiger partial charge >= 0.3 is 0 Å². The zero-order valence-electron chi connectivity index (χ0n) is 18.1. The SMILES string of the molecule is Cc1ccc(S(=O)(=O)N(CC(=O)Nc2nnc(-c3ccccc3)s2)c2cccc(C)c2)cc1. The molecule has 0 spiro atoms. The van der Waals surface area contributed by atoms with Gasteiger partial charge in [0.15, 0.2) is 0 Å². The lowest BCUT2D eigenvalue weighted by Gasteiger charge is -2.24. The second kappa shape index (κ2) is 9.51. The molecule has 168 valence electrons. The summed E-state index contributed by atoms with van der Waals surface area (Å²) < 4.78 is 28.0. The molecule has 0 aliphatic heterocycles. The van der Waals surface area contributed by atoms with Crippen molar-refractivity contribution in [1.82, 2.24) is 10.2 Å². The van der Waals surface area contributed by atoms with Crippen LogP contribution >= 0.6 is 11.3 Å². The molecule has 1 amide bonds. The first-order valence-electron chi connectivity index (χ1n) is 10.2. The van der Waals surface area contributed by atoms with Crippen molar-refractivity contribution in [2.45, 2.75) is 18.7 Å². The minimum absolute atomic E-state index is 0.115. The number of amides is 1. The summed E-state index contributed by atoms with van der Waals surface area (Å²) in [6.45, 7) is 3.35. The molecule has 0 radical (unpaired) electrons. The van der Waals surface area contributed by atoms with E-state index in [1.807, 2.05) is 50.2 Å². The Morgan fingerprint density at radius 3 is 2.33 bits per heavy atom. The number of rotatable bonds is 7. The van der Waals surface area contributed by atoms with Crippen LogP contribution in [0.1, 0.15) is 11.1 Å². The van der Waals surface area contributed by atoms with Crippen molar-refractivity contribution in [1.29, 1.82) is 0 Å². The molecule has 33 heavy (non-hydrogen) atoms. The number of anilines is 2. The fraction of sp³-hybridized carbons (Fsp3) is 0.125. The molecule has 4 rings (SSSR count). The average molecular weight is 479 g/mol. The molecule has 1 heterocycles. The molecule has 9 heteroatoms. The molecule has 0 bridgehead atoms. The fourth-order valence-electron chi connectivity index (χ4n) is 3.20. The zero-order chi connectivity index (χ0) is 23.4. The molecular formula is C24H22N4O3S2. The van der Waals surface area contributed by atoms with Gasteiger partial charge in [0.2, 0.25) is 11.0 Å². The van der Waals surface area contributed by atoms with Crippen LogP contribution in [-0.2, 0) is 14.8 Å². The van der Waals surface area contributed by atoms with Crippen molar-refractivity contribution >= 4 is 38.1 Å². The lowest BCUT2D eigenvalue weighted by Crippen LogP contribution is -2.38. The van der Waals surface area contributed by atoms with Crippen LogP contribution in [0, 0.1) is 13.8 Å². The third-order valence-corrected chi connectivity index (χ3v) is 7.55. The van der Waals surface area contributed by atoms with Crippen molar-refractivity contribution < 1.29 is 13.2 Å². The van der Waals surface area contributed by atoms with E-state index in [0.29, 0.717) is 15.8 Å². The van der Waals surface area contributed by atoms with Crippen LogP contribution < -0.4 is 9.62 Å². The maximum Gasteiger partial charge on any atom is 0.264 e. The molecule has 0 aliphatic rings. The lowest BCUT2D eigenvalue weighted by atomic mass is 10.2. The number of hydrogen-bond donors (Lipinski definition) is 1. The van der Waals surface area contributed by atoms with E-state index in [2.05, 4.69) is 15.5 Å². The van der Waals surface area contributed by atoms with Gasteiger partial charge in [-0.15, -0.1) is 10.2 Å². The van der Waals surface area contributed by atoms with Crippen molar-refractivity contribution in [2.75, 3.05) is 16.2 Å². The van der Waals surface area contributed by atoms with Crippen molar-refractivity contribution in [2.24, 2.45) is 0 Å². The van der Waals surface area contributed by atoms with E-state index >= 15 is 0 Å². The second-order valence-corrected chi connectivity index (χ2v) is 10.3. The smallest absolute Gasteiger partial charge is 0.264 e. The van der Waals surface area contributed by atoms with Gasteiger partial charge in [-0.05, 0) is 43.7 Å². The number of sulfonamides is 1. The molecule has 7 nitrogen and oxygen atoms in total. The third kappa shape index (κ3) is 5.27. The second-order valence-electron chi connectivity index (χ2n) is 7.49. The number of aromatic nitrogens is 2. The van der Waals surface area contributed by atoms with E-state index in [0.717, 1.165) is 21.0 Å². The maximum absolute atomic E-state index is 13.5. The van der Waals surface area contributed by atoms with Gasteiger partial charge in [0, 0.05) is 5.56 Å². The van der Waals surface area contributed by atoms with Gasteiger partial charge in [-0.1, -0.05) is 71.5 Å². The Balaban J connectivity index is 1.60. The number of hydrogen-bond acceptors (Lipinski definition) is 6. The number of nitrogens with one attached hydrogen (secondary N) is 1. The van der Waals surface area contributed by atoms with Crippen LogP contribution in [0.2, 0.25) is 0 Å². The largest absolute Gasteiger partial charge is 0.299 e. The highest BCUT2D eigenvalue weighted by molar-refractivity contribution is 7.92. The normalized spacial score (nSPS) is 11.2. The Bertz CT molecular complexity index is 1370. The summed E-state index contributed by atoms with van der Waals surface area (Å²) in [5.74, 6) is -0.511. The van der Waals surface area contributed by atoms with Crippen molar-refractivity contribution in [3.63, 3.8) is 0 Å². The summed E-state index contributed by atoms with van der Waals surface area (Å²) in [6, 6.07) is 23.1. The predicted octanol–water partition coefficient (Wildman–Crippen LogP) is 4.66. The molecule has 1 aromatic heterocycles. The van der Waals surface area contributed by atoms with Crippen molar-refractivity contribution in [3.05, 3.63) is 90.0 Å². The van der Waals surface area contributed by atoms with E-state index in [1.165, 1.54) is 11.3 Å². The summed E-state index contributed by atoms with van der Waals surface area (Å²) in [6.07, 6.45) is 0. The summed E-state index contributed by atoms with van der Waals surface area (Å²) in [4.78, 5) is 13.0. The highest BCUT2D eigenvalue weighted by Crippen LogP contribution is 2.27. The van der Waals surface area contributed by atoms with Crippen LogP contribution in [0.15, 0.2) is 83.8 Å². The Kier molecular flexibility index (Phi) is 6.52. The fourth-order valence-corrected chi connectivity index (χ4v) is 5.37. The van der Waals surface area contributed by atoms with E-state index in [4.69, 9.17) is 0 Å². The molecule has 4 aromatic rings. The predicted molar refractivity (Wildman–Crippen MR) is 131 cm³/mol. The van der Waals surface area contributed by atoms with Gasteiger partial charge in [-0.3, -0.25) is 14.4 Å². The number of benzene rings is 3. The monoisotopic (exact) mass is 478 g/mol. The van der Waals surface area contributed by atoms with E-state index in [9.17, 15) is 13.2 Å². The molecular weight excluding hydrogens is 456 g/mol. The Morgan fingerprint density at radius 2 is 1.64 bits per heavy atom. The average Bonchev–Trinajstić information content (AvgIpc) is 3.26. The highest BCUT2D eigenvalue weighted by atomic mass is 32.2. The Morgan fingerprint density at radius 1 is 0.909 bits per heavy atom. The first kappa shape index (κ1) is 22.6. The maximum atomic E-state index is 13.5. The van der Waals surface area contributed by atoms with Crippen LogP contribution in [0.25, 0.3) is 10.6 Å². The quantitative estimate of drug-likeness (QED) is 0.417. The van der Waals surface area contributed by atoms with E-state index < -0.39 is 22.5 Å². The van der Waals surface area contributed by atoms with Gasteiger partial charge in [-0.2, -0.15) is 0 Å². The van der Waals surface area contributed by atoms with E-state index in [1.54, 1.807) is 42.5 Å². The van der Waals surface area contributed by atoms with Gasteiger partial charge in [0.05, 0.1) is 10.6 Å². The van der Waals surface area contributed by atoms with Gasteiger partial charge in [0.25, 0.3) is 10.0 Å². The minimum Gasteiger partial charge on any atom is -0.299 e. The van der Waals surface area contributed by atoms with E-state index in [-0.39, 0.29) is 4.90 Å².